The lowest BCUT2D eigenvalue weighted by molar-refractivity contribution is 0.275. The van der Waals surface area contributed by atoms with Crippen molar-refractivity contribution in [1.82, 2.24) is 0 Å². The lowest BCUT2D eigenvalue weighted by atomic mass is 10.1. The number of aliphatic hydroxyl groups excluding tert-OH is 1. The van der Waals surface area contributed by atoms with Crippen LogP contribution in [-0.2, 0) is 6.61 Å². The fraction of sp³-hybridized carbons (Fsp3) is 0.250. The standard InChI is InChI=1S/C8H8ClFO/c1-5-6(4-11)8(10)3-2-7(5)9/h2-3,11H,4H2,1H3. The van der Waals surface area contributed by atoms with Crippen LogP contribution >= 0.6 is 11.6 Å². The van der Waals surface area contributed by atoms with Gasteiger partial charge in [-0.15, -0.1) is 0 Å². The number of hydrogen-bond acceptors (Lipinski definition) is 1. The Kier molecular flexibility index (Phi) is 2.47. The smallest absolute Gasteiger partial charge is 0.129 e. The minimum atomic E-state index is -0.408. The van der Waals surface area contributed by atoms with Gasteiger partial charge in [-0.2, -0.15) is 0 Å². The summed E-state index contributed by atoms with van der Waals surface area (Å²) in [6.45, 7) is 1.37. The molecular formula is C8H8ClFO. The highest BCUT2D eigenvalue weighted by atomic mass is 35.5. The lowest BCUT2D eigenvalue weighted by Gasteiger charge is -2.04. The van der Waals surface area contributed by atoms with E-state index in [2.05, 4.69) is 0 Å². The summed E-state index contributed by atoms with van der Waals surface area (Å²) in [5.74, 6) is -0.408. The summed E-state index contributed by atoms with van der Waals surface area (Å²) in [7, 11) is 0. The average molecular weight is 175 g/mol. The van der Waals surface area contributed by atoms with E-state index in [0.717, 1.165) is 0 Å². The van der Waals surface area contributed by atoms with Gasteiger partial charge in [0.25, 0.3) is 0 Å². The lowest BCUT2D eigenvalue weighted by Crippen LogP contribution is -1.94. The van der Waals surface area contributed by atoms with Crippen LogP contribution in [0.5, 0.6) is 0 Å². The maximum Gasteiger partial charge on any atom is 0.129 e. The van der Waals surface area contributed by atoms with Gasteiger partial charge in [0.1, 0.15) is 5.82 Å². The van der Waals surface area contributed by atoms with Crippen LogP contribution in [0.15, 0.2) is 12.1 Å². The maximum atomic E-state index is 12.8. The molecule has 0 amide bonds. The van der Waals surface area contributed by atoms with Crippen molar-refractivity contribution in [3.8, 4) is 0 Å². The van der Waals surface area contributed by atoms with Crippen molar-refractivity contribution in [2.45, 2.75) is 13.5 Å². The Morgan fingerprint density at radius 2 is 2.18 bits per heavy atom. The normalized spacial score (nSPS) is 10.2. The van der Waals surface area contributed by atoms with Crippen LogP contribution in [0, 0.1) is 12.7 Å². The molecule has 0 aliphatic rings. The van der Waals surface area contributed by atoms with Crippen LogP contribution in [0.25, 0.3) is 0 Å². The molecular weight excluding hydrogens is 167 g/mol. The van der Waals surface area contributed by atoms with Gasteiger partial charge in [-0.05, 0) is 24.6 Å². The third-order valence-electron chi connectivity index (χ3n) is 1.63. The third-order valence-corrected chi connectivity index (χ3v) is 2.04. The summed E-state index contributed by atoms with van der Waals surface area (Å²) in [6, 6.07) is 2.73. The number of benzene rings is 1. The summed E-state index contributed by atoms with van der Waals surface area (Å²) in [5, 5.41) is 9.21. The van der Waals surface area contributed by atoms with E-state index in [9.17, 15) is 4.39 Å². The molecule has 0 aromatic heterocycles. The summed E-state index contributed by atoms with van der Waals surface area (Å²) >= 11 is 5.69. The first-order chi connectivity index (χ1) is 5.16. The van der Waals surface area contributed by atoms with Crippen molar-refractivity contribution >= 4 is 11.6 Å². The zero-order chi connectivity index (χ0) is 8.43. The highest BCUT2D eigenvalue weighted by Crippen LogP contribution is 2.21. The third kappa shape index (κ3) is 1.52. The van der Waals surface area contributed by atoms with E-state index in [-0.39, 0.29) is 12.2 Å². The van der Waals surface area contributed by atoms with Crippen LogP contribution in [0.4, 0.5) is 4.39 Å². The van der Waals surface area contributed by atoms with Crippen molar-refractivity contribution < 1.29 is 9.50 Å². The Morgan fingerprint density at radius 1 is 1.55 bits per heavy atom. The van der Waals surface area contributed by atoms with E-state index >= 15 is 0 Å². The molecule has 60 valence electrons. The molecule has 1 nitrogen and oxygen atoms in total. The molecule has 0 aliphatic heterocycles. The minimum absolute atomic E-state index is 0.275. The predicted octanol–water partition coefficient (Wildman–Crippen LogP) is 2.28. The molecule has 0 spiro atoms. The monoisotopic (exact) mass is 174 g/mol. The van der Waals surface area contributed by atoms with Crippen molar-refractivity contribution in [2.24, 2.45) is 0 Å². The molecule has 0 heterocycles. The molecule has 0 unspecified atom stereocenters. The van der Waals surface area contributed by atoms with Crippen molar-refractivity contribution in [2.75, 3.05) is 0 Å². The van der Waals surface area contributed by atoms with Crippen molar-refractivity contribution in [1.29, 1.82) is 0 Å². The fourth-order valence-corrected chi connectivity index (χ4v) is 1.07. The Hall–Kier alpha value is -0.600. The second-order valence-electron chi connectivity index (χ2n) is 2.29. The maximum absolute atomic E-state index is 12.8. The van der Waals surface area contributed by atoms with Gasteiger partial charge in [-0.25, -0.2) is 4.39 Å². The molecule has 0 aliphatic carbocycles. The molecule has 1 N–H and O–H groups in total. The highest BCUT2D eigenvalue weighted by Gasteiger charge is 2.06. The molecule has 11 heavy (non-hydrogen) atoms. The van der Waals surface area contributed by atoms with E-state index in [1.165, 1.54) is 12.1 Å². The van der Waals surface area contributed by atoms with E-state index in [1.807, 2.05) is 0 Å². The average Bonchev–Trinajstić information content (AvgIpc) is 1.99. The van der Waals surface area contributed by atoms with Crippen molar-refractivity contribution in [3.05, 3.63) is 34.1 Å². The quantitative estimate of drug-likeness (QED) is 0.693. The second kappa shape index (κ2) is 3.20. The topological polar surface area (TPSA) is 20.2 Å². The first kappa shape index (κ1) is 8.50. The van der Waals surface area contributed by atoms with E-state index in [1.54, 1.807) is 6.92 Å². The highest BCUT2D eigenvalue weighted by molar-refractivity contribution is 6.31. The Balaban J connectivity index is 3.29. The molecule has 0 saturated carbocycles. The van der Waals surface area contributed by atoms with E-state index in [4.69, 9.17) is 16.7 Å². The molecule has 0 radical (unpaired) electrons. The van der Waals surface area contributed by atoms with Gasteiger partial charge in [-0.3, -0.25) is 0 Å². The predicted molar refractivity (Wildman–Crippen MR) is 42.1 cm³/mol. The van der Waals surface area contributed by atoms with Gasteiger partial charge >= 0.3 is 0 Å². The molecule has 0 bridgehead atoms. The van der Waals surface area contributed by atoms with Gasteiger partial charge in [0.2, 0.25) is 0 Å². The van der Waals surface area contributed by atoms with Gasteiger partial charge < -0.3 is 5.11 Å². The molecule has 1 aromatic carbocycles. The molecule has 0 fully saturated rings. The molecule has 3 heteroatoms. The van der Waals surface area contributed by atoms with Crippen LogP contribution in [-0.4, -0.2) is 5.11 Å². The summed E-state index contributed by atoms with van der Waals surface area (Å²) in [6.07, 6.45) is 0. The van der Waals surface area contributed by atoms with Gasteiger partial charge in [0.05, 0.1) is 6.61 Å². The van der Waals surface area contributed by atoms with Crippen LogP contribution in [0.1, 0.15) is 11.1 Å². The first-order valence-corrected chi connectivity index (χ1v) is 3.59. The molecule has 1 aromatic rings. The van der Waals surface area contributed by atoms with Crippen molar-refractivity contribution in [3.63, 3.8) is 0 Å². The van der Waals surface area contributed by atoms with Crippen LogP contribution < -0.4 is 0 Å². The van der Waals surface area contributed by atoms with E-state index in [0.29, 0.717) is 10.6 Å². The van der Waals surface area contributed by atoms with Crippen LogP contribution in [0.3, 0.4) is 0 Å². The second-order valence-corrected chi connectivity index (χ2v) is 2.70. The Labute approximate surface area is 69.4 Å². The SMILES string of the molecule is Cc1c(Cl)ccc(F)c1CO. The number of aliphatic hydroxyl groups is 1. The van der Waals surface area contributed by atoms with E-state index < -0.39 is 5.82 Å². The first-order valence-electron chi connectivity index (χ1n) is 3.21. The van der Waals surface area contributed by atoms with Gasteiger partial charge in [0, 0.05) is 10.6 Å². The fourth-order valence-electron chi connectivity index (χ4n) is 0.889. The number of halogens is 2. The van der Waals surface area contributed by atoms with Gasteiger partial charge in [-0.1, -0.05) is 11.6 Å². The largest absolute Gasteiger partial charge is 0.392 e. The zero-order valence-electron chi connectivity index (χ0n) is 6.06. The summed E-state index contributed by atoms with van der Waals surface area (Å²) in [4.78, 5) is 0. The van der Waals surface area contributed by atoms with Gasteiger partial charge in [0.15, 0.2) is 0 Å². The Morgan fingerprint density at radius 3 is 2.64 bits per heavy atom. The minimum Gasteiger partial charge on any atom is -0.392 e. The molecule has 1 rings (SSSR count). The zero-order valence-corrected chi connectivity index (χ0v) is 6.82. The van der Waals surface area contributed by atoms with Crippen LogP contribution in [0.2, 0.25) is 5.02 Å². The molecule has 0 saturated heterocycles. The number of hydrogen-bond donors (Lipinski definition) is 1. The molecule has 0 atom stereocenters. The Bertz CT molecular complexity index is 273. The number of rotatable bonds is 1. The summed E-state index contributed by atoms with van der Waals surface area (Å²) in [5.41, 5.74) is 0.881. The summed E-state index contributed by atoms with van der Waals surface area (Å²) < 4.78 is 12.8.